The zero-order valence-corrected chi connectivity index (χ0v) is 16.3. The van der Waals surface area contributed by atoms with E-state index in [1.54, 1.807) is 17.7 Å². The maximum Gasteiger partial charge on any atom is 0.263 e. The number of ether oxygens (including phenoxy) is 1. The summed E-state index contributed by atoms with van der Waals surface area (Å²) in [4.78, 5) is 25.4. The molecule has 7 heteroatoms. The van der Waals surface area contributed by atoms with Gasteiger partial charge < -0.3 is 14.6 Å². The first-order chi connectivity index (χ1) is 13.0. The van der Waals surface area contributed by atoms with Gasteiger partial charge in [0.15, 0.2) is 0 Å². The number of hydrogen-bond donors (Lipinski definition) is 2. The highest BCUT2D eigenvalue weighted by Gasteiger charge is 2.20. The lowest BCUT2D eigenvalue weighted by Gasteiger charge is -2.14. The van der Waals surface area contributed by atoms with Crippen LogP contribution in [0.5, 0.6) is 0 Å². The van der Waals surface area contributed by atoms with Gasteiger partial charge in [0.2, 0.25) is 0 Å². The van der Waals surface area contributed by atoms with Crippen LogP contribution in [0, 0.1) is 20.8 Å². The van der Waals surface area contributed by atoms with Gasteiger partial charge in [-0.1, -0.05) is 0 Å². The lowest BCUT2D eigenvalue weighted by atomic mass is 10.1. The van der Waals surface area contributed by atoms with Crippen LogP contribution in [0.1, 0.15) is 52.1 Å². The van der Waals surface area contributed by atoms with E-state index in [9.17, 15) is 9.59 Å². The second-order valence-corrected chi connectivity index (χ2v) is 7.24. The molecule has 2 aromatic heterocycles. The van der Waals surface area contributed by atoms with E-state index in [0.29, 0.717) is 18.7 Å². The van der Waals surface area contributed by atoms with E-state index in [-0.39, 0.29) is 23.1 Å². The third kappa shape index (κ3) is 4.47. The monoisotopic (exact) mass is 372 g/mol. The Labute approximate surface area is 159 Å². The second kappa shape index (κ2) is 8.52. The molecule has 3 rings (SSSR count). The van der Waals surface area contributed by atoms with E-state index in [4.69, 9.17) is 4.74 Å². The molecule has 1 amide bonds. The quantitative estimate of drug-likeness (QED) is 0.728. The van der Waals surface area contributed by atoms with Gasteiger partial charge in [-0.15, -0.1) is 0 Å². The van der Waals surface area contributed by atoms with Crippen molar-refractivity contribution in [2.24, 2.45) is 0 Å². The molecule has 0 radical (unpaired) electrons. The summed E-state index contributed by atoms with van der Waals surface area (Å²) in [6, 6.07) is 1.82. The van der Waals surface area contributed by atoms with Crippen LogP contribution in [-0.4, -0.2) is 39.9 Å². The molecule has 1 unspecified atom stereocenters. The van der Waals surface area contributed by atoms with Crippen molar-refractivity contribution in [3.63, 3.8) is 0 Å². The van der Waals surface area contributed by atoms with E-state index in [1.807, 2.05) is 19.9 Å². The molecule has 0 bridgehead atoms. The SMILES string of the molecule is Cc1ccn(CC2CCCO2)c(=O)c1C(=O)NCCCc1c(C)n[nH]c1C. The van der Waals surface area contributed by atoms with Crippen molar-refractivity contribution in [1.29, 1.82) is 0 Å². The first-order valence-corrected chi connectivity index (χ1v) is 9.57. The Bertz CT molecular complexity index is 843. The molecular formula is C20H28N4O3. The topological polar surface area (TPSA) is 89.0 Å². The fourth-order valence-electron chi connectivity index (χ4n) is 3.59. The van der Waals surface area contributed by atoms with Crippen molar-refractivity contribution < 1.29 is 9.53 Å². The third-order valence-corrected chi connectivity index (χ3v) is 5.19. The average molecular weight is 372 g/mol. The summed E-state index contributed by atoms with van der Waals surface area (Å²) >= 11 is 0. The molecule has 3 heterocycles. The molecular weight excluding hydrogens is 344 g/mol. The number of carbonyl (C=O) groups is 1. The number of aryl methyl sites for hydroxylation is 3. The number of H-pyrrole nitrogens is 1. The van der Waals surface area contributed by atoms with Crippen LogP contribution >= 0.6 is 0 Å². The van der Waals surface area contributed by atoms with Crippen LogP contribution < -0.4 is 10.9 Å². The molecule has 146 valence electrons. The molecule has 27 heavy (non-hydrogen) atoms. The van der Waals surface area contributed by atoms with Crippen molar-refractivity contribution in [3.8, 4) is 0 Å². The Hall–Kier alpha value is -2.41. The highest BCUT2D eigenvalue weighted by Crippen LogP contribution is 2.14. The predicted octanol–water partition coefficient (Wildman–Crippen LogP) is 2.04. The number of amides is 1. The second-order valence-electron chi connectivity index (χ2n) is 7.24. The Kier molecular flexibility index (Phi) is 6.11. The maximum atomic E-state index is 12.8. The van der Waals surface area contributed by atoms with Crippen molar-refractivity contribution in [2.75, 3.05) is 13.2 Å². The Balaban J connectivity index is 1.61. The minimum Gasteiger partial charge on any atom is -0.376 e. The normalized spacial score (nSPS) is 16.6. The summed E-state index contributed by atoms with van der Waals surface area (Å²) in [5, 5.41) is 10.0. The minimum atomic E-state index is -0.306. The Morgan fingerprint density at radius 3 is 2.89 bits per heavy atom. The zero-order valence-electron chi connectivity index (χ0n) is 16.3. The predicted molar refractivity (Wildman–Crippen MR) is 103 cm³/mol. The zero-order chi connectivity index (χ0) is 19.4. The molecule has 0 aromatic carbocycles. The van der Waals surface area contributed by atoms with Crippen LogP contribution in [0.4, 0.5) is 0 Å². The molecule has 2 aromatic rings. The Morgan fingerprint density at radius 1 is 1.41 bits per heavy atom. The molecule has 1 fully saturated rings. The standard InChI is InChI=1S/C20H28N4O3/c1-13-8-10-24(12-16-6-5-11-27-16)20(26)18(13)19(25)21-9-4-7-17-14(2)22-23-15(17)3/h8,10,16H,4-7,9,11-12H2,1-3H3,(H,21,25)(H,22,23). The summed E-state index contributed by atoms with van der Waals surface area (Å²) in [7, 11) is 0. The number of aromatic amines is 1. The minimum absolute atomic E-state index is 0.0581. The molecule has 0 spiro atoms. The van der Waals surface area contributed by atoms with Gasteiger partial charge in [-0.25, -0.2) is 0 Å². The van der Waals surface area contributed by atoms with Crippen molar-refractivity contribution >= 4 is 5.91 Å². The number of aromatic nitrogens is 3. The van der Waals surface area contributed by atoms with E-state index in [2.05, 4.69) is 15.5 Å². The van der Waals surface area contributed by atoms with Gasteiger partial charge in [-0.2, -0.15) is 5.10 Å². The maximum absolute atomic E-state index is 12.8. The molecule has 1 atom stereocenters. The van der Waals surface area contributed by atoms with Crippen LogP contribution in [0.3, 0.4) is 0 Å². The molecule has 0 saturated carbocycles. The summed E-state index contributed by atoms with van der Waals surface area (Å²) in [5.74, 6) is -0.306. The van der Waals surface area contributed by atoms with Gasteiger partial charge in [-0.3, -0.25) is 14.7 Å². The highest BCUT2D eigenvalue weighted by molar-refractivity contribution is 5.95. The van der Waals surface area contributed by atoms with Crippen molar-refractivity contribution in [1.82, 2.24) is 20.1 Å². The van der Waals surface area contributed by atoms with Gasteiger partial charge in [0.25, 0.3) is 11.5 Å². The highest BCUT2D eigenvalue weighted by atomic mass is 16.5. The number of hydrogen-bond acceptors (Lipinski definition) is 4. The van der Waals surface area contributed by atoms with Crippen molar-refractivity contribution in [2.45, 2.75) is 59.1 Å². The number of pyridine rings is 1. The van der Waals surface area contributed by atoms with Gasteiger partial charge >= 0.3 is 0 Å². The van der Waals surface area contributed by atoms with Gasteiger partial charge in [-0.05, 0) is 63.6 Å². The first-order valence-electron chi connectivity index (χ1n) is 9.57. The largest absolute Gasteiger partial charge is 0.376 e. The fraction of sp³-hybridized carbons (Fsp3) is 0.550. The molecule has 1 aliphatic rings. The lowest BCUT2D eigenvalue weighted by molar-refractivity contribution is 0.0929. The van der Waals surface area contributed by atoms with Gasteiger partial charge in [0.05, 0.1) is 18.3 Å². The van der Waals surface area contributed by atoms with Crippen LogP contribution in [0.2, 0.25) is 0 Å². The number of nitrogens with zero attached hydrogens (tertiary/aromatic N) is 2. The molecule has 1 aliphatic heterocycles. The van der Waals surface area contributed by atoms with Crippen LogP contribution in [-0.2, 0) is 17.7 Å². The molecule has 0 aliphatic carbocycles. The lowest BCUT2D eigenvalue weighted by Crippen LogP contribution is -2.36. The summed E-state index contributed by atoms with van der Waals surface area (Å²) in [6.45, 7) is 7.53. The number of carbonyl (C=O) groups excluding carboxylic acids is 1. The van der Waals surface area contributed by atoms with Crippen LogP contribution in [0.25, 0.3) is 0 Å². The molecule has 1 saturated heterocycles. The summed E-state index contributed by atoms with van der Waals surface area (Å²) in [6.07, 6.45) is 5.42. The Morgan fingerprint density at radius 2 is 2.22 bits per heavy atom. The van der Waals surface area contributed by atoms with Crippen molar-refractivity contribution in [3.05, 3.63) is 50.7 Å². The number of rotatable bonds is 7. The smallest absolute Gasteiger partial charge is 0.263 e. The van der Waals surface area contributed by atoms with E-state index < -0.39 is 0 Å². The fourth-order valence-corrected chi connectivity index (χ4v) is 3.59. The third-order valence-electron chi connectivity index (χ3n) is 5.19. The van der Waals surface area contributed by atoms with E-state index in [1.165, 1.54) is 5.56 Å². The number of nitrogens with one attached hydrogen (secondary N) is 2. The molecule has 7 nitrogen and oxygen atoms in total. The molecule has 2 N–H and O–H groups in total. The first kappa shape index (κ1) is 19.4. The van der Waals surface area contributed by atoms with E-state index >= 15 is 0 Å². The van der Waals surface area contributed by atoms with E-state index in [0.717, 1.165) is 43.7 Å². The van der Waals surface area contributed by atoms with Gasteiger partial charge in [0.1, 0.15) is 5.56 Å². The average Bonchev–Trinajstić information content (AvgIpc) is 3.25. The summed E-state index contributed by atoms with van der Waals surface area (Å²) in [5.41, 5.74) is 3.93. The summed E-state index contributed by atoms with van der Waals surface area (Å²) < 4.78 is 7.20. The van der Waals surface area contributed by atoms with Crippen LogP contribution in [0.15, 0.2) is 17.1 Å². The van der Waals surface area contributed by atoms with Gasteiger partial charge in [0, 0.05) is 25.0 Å².